The number of aryl methyl sites for hydroxylation is 4. The van der Waals surface area contributed by atoms with Gasteiger partial charge < -0.3 is 0 Å². The monoisotopic (exact) mass is 518 g/mol. The van der Waals surface area contributed by atoms with E-state index in [-0.39, 0.29) is 16.2 Å². The van der Waals surface area contributed by atoms with Crippen molar-refractivity contribution in [2.75, 3.05) is 0 Å². The van der Waals surface area contributed by atoms with Crippen LogP contribution >= 0.6 is 0 Å². The molecule has 5 rings (SSSR count). The van der Waals surface area contributed by atoms with Gasteiger partial charge in [-0.15, -0.1) is 0 Å². The second-order valence-electron chi connectivity index (χ2n) is 15.3. The Morgan fingerprint density at radius 3 is 1.10 bits per heavy atom. The molecule has 0 aromatic heterocycles. The molecule has 0 spiro atoms. The maximum atomic E-state index is 2.54. The van der Waals surface area contributed by atoms with Crippen LogP contribution in [0.15, 0.2) is 36.4 Å². The van der Waals surface area contributed by atoms with Crippen LogP contribution in [0.2, 0.25) is 0 Å². The van der Waals surface area contributed by atoms with E-state index in [4.69, 9.17) is 0 Å². The minimum absolute atomic E-state index is 0.125. The maximum Gasteiger partial charge on any atom is -0.00135 e. The lowest BCUT2D eigenvalue weighted by atomic mass is 9.78. The topological polar surface area (TPSA) is 0 Å². The number of benzene rings is 3. The molecule has 0 radical (unpaired) electrons. The summed E-state index contributed by atoms with van der Waals surface area (Å²) in [5.74, 6) is 0. The lowest BCUT2D eigenvalue weighted by Gasteiger charge is -2.27. The van der Waals surface area contributed by atoms with Crippen LogP contribution < -0.4 is 0 Å². The second-order valence-corrected chi connectivity index (χ2v) is 15.3. The molecule has 0 heterocycles. The van der Waals surface area contributed by atoms with E-state index in [9.17, 15) is 0 Å². The number of hydrogen-bond acceptors (Lipinski definition) is 0. The van der Waals surface area contributed by atoms with Crippen molar-refractivity contribution in [2.24, 2.45) is 0 Å². The van der Waals surface area contributed by atoms with Crippen LogP contribution in [0.1, 0.15) is 136 Å². The molecule has 0 unspecified atom stereocenters. The number of rotatable bonds is 1. The highest BCUT2D eigenvalue weighted by atomic mass is 14.3. The fourth-order valence-electron chi connectivity index (χ4n) is 6.60. The average Bonchev–Trinajstić information content (AvgIpc) is 3.02. The van der Waals surface area contributed by atoms with Gasteiger partial charge in [0.05, 0.1) is 0 Å². The van der Waals surface area contributed by atoms with Gasteiger partial charge in [0.1, 0.15) is 0 Å². The molecule has 3 aromatic rings. The van der Waals surface area contributed by atoms with Gasteiger partial charge in [-0.05, 0) is 122 Å². The summed E-state index contributed by atoms with van der Waals surface area (Å²) in [5.41, 5.74) is 18.5. The predicted molar refractivity (Wildman–Crippen MR) is 171 cm³/mol. The molecule has 2 aliphatic carbocycles. The Morgan fingerprint density at radius 2 is 0.769 bits per heavy atom. The van der Waals surface area contributed by atoms with E-state index in [1.807, 2.05) is 0 Å². The quantitative estimate of drug-likeness (QED) is 0.235. The van der Waals surface area contributed by atoms with Crippen LogP contribution in [-0.2, 0) is 54.8 Å². The molecule has 39 heavy (non-hydrogen) atoms. The van der Waals surface area contributed by atoms with Gasteiger partial charge in [0.2, 0.25) is 0 Å². The van der Waals surface area contributed by atoms with Crippen molar-refractivity contribution in [1.29, 1.82) is 0 Å². The highest BCUT2D eigenvalue weighted by Gasteiger charge is 2.25. The Labute approximate surface area is 239 Å². The van der Waals surface area contributed by atoms with Crippen LogP contribution in [0, 0.1) is 0 Å². The molecule has 0 amide bonds. The standard InChI is InChI=1S/C39H50/c1-11-34-25-12-14-27-21-32(38(5,6)7)23-29-18-30-24-33(39(8,9)10)22-28(36(30)17-16-35(27)29)15-13-26(34)20-31(19-25)37(2,3)4/h16-17,19-24H,11-15,18H2,1-10H3. The van der Waals surface area contributed by atoms with E-state index in [0.717, 1.165) is 38.5 Å². The molecular formula is C39H50. The number of fused-ring (bicyclic) bond motifs is 2. The zero-order valence-electron chi connectivity index (χ0n) is 26.4. The maximum absolute atomic E-state index is 2.54. The molecule has 4 bridgehead atoms. The van der Waals surface area contributed by atoms with Gasteiger partial charge >= 0.3 is 0 Å². The Kier molecular flexibility index (Phi) is 7.02. The molecule has 2 aliphatic rings. The Hall–Kier alpha value is -2.60. The summed E-state index contributed by atoms with van der Waals surface area (Å²) in [6.45, 7) is 23.6. The van der Waals surface area contributed by atoms with Gasteiger partial charge in [-0.25, -0.2) is 0 Å². The van der Waals surface area contributed by atoms with E-state index < -0.39 is 0 Å². The predicted octanol–water partition coefficient (Wildman–Crippen LogP) is 10.1. The van der Waals surface area contributed by atoms with Crippen molar-refractivity contribution in [3.05, 3.63) is 103 Å². The third-order valence-electron chi connectivity index (χ3n) is 9.21. The Bertz CT molecular complexity index is 1340. The van der Waals surface area contributed by atoms with Gasteiger partial charge in [0.15, 0.2) is 0 Å². The summed E-state index contributed by atoms with van der Waals surface area (Å²) >= 11 is 0. The molecular weight excluding hydrogens is 468 g/mol. The molecule has 0 nitrogen and oxygen atoms in total. The lowest BCUT2D eigenvalue weighted by molar-refractivity contribution is 0.585. The fraction of sp³-hybridized carbons (Fsp3) is 0.487. The van der Waals surface area contributed by atoms with Crippen LogP contribution in [0.4, 0.5) is 0 Å². The largest absolute Gasteiger partial charge is 0.0613 e. The zero-order chi connectivity index (χ0) is 28.3. The van der Waals surface area contributed by atoms with E-state index in [1.54, 1.807) is 16.7 Å². The highest BCUT2D eigenvalue weighted by molar-refractivity contribution is 5.79. The molecule has 0 atom stereocenters. The van der Waals surface area contributed by atoms with Gasteiger partial charge in [-0.2, -0.15) is 0 Å². The highest BCUT2D eigenvalue weighted by Crippen LogP contribution is 2.38. The summed E-state index contributed by atoms with van der Waals surface area (Å²) in [5, 5.41) is 0. The van der Waals surface area contributed by atoms with E-state index in [2.05, 4.69) is 118 Å². The third kappa shape index (κ3) is 5.54. The molecule has 3 aromatic carbocycles. The Balaban J connectivity index is 1.80. The SMILES string of the molecule is CCc1c2cc(C(C)(C)C)cc1CCc1cc(C(C)(C)C)cc3c1C=Cc1c(cc(C(C)(C)C)cc1C3)CC2. The van der Waals surface area contributed by atoms with Crippen LogP contribution in [0.3, 0.4) is 0 Å². The minimum Gasteiger partial charge on any atom is -0.0613 e. The van der Waals surface area contributed by atoms with E-state index in [1.165, 1.54) is 50.1 Å². The summed E-state index contributed by atoms with van der Waals surface area (Å²) in [6, 6.07) is 15.2. The first kappa shape index (κ1) is 27.9. The van der Waals surface area contributed by atoms with E-state index in [0.29, 0.717) is 0 Å². The van der Waals surface area contributed by atoms with Crippen molar-refractivity contribution in [3.63, 3.8) is 0 Å². The molecule has 0 heteroatoms. The molecule has 0 aliphatic heterocycles. The summed E-state index contributed by atoms with van der Waals surface area (Å²) in [4.78, 5) is 0. The average molecular weight is 519 g/mol. The van der Waals surface area contributed by atoms with Crippen LogP contribution in [-0.4, -0.2) is 0 Å². The third-order valence-corrected chi connectivity index (χ3v) is 9.21. The van der Waals surface area contributed by atoms with Crippen molar-refractivity contribution in [3.8, 4) is 0 Å². The smallest absolute Gasteiger partial charge is 0.00135 e. The van der Waals surface area contributed by atoms with Gasteiger partial charge in [-0.1, -0.05) is 118 Å². The summed E-state index contributed by atoms with van der Waals surface area (Å²) < 4.78 is 0. The van der Waals surface area contributed by atoms with Crippen LogP contribution in [0.25, 0.3) is 12.2 Å². The Morgan fingerprint density at radius 1 is 0.462 bits per heavy atom. The summed E-state index contributed by atoms with van der Waals surface area (Å²) in [7, 11) is 0. The van der Waals surface area contributed by atoms with Crippen molar-refractivity contribution >= 4 is 12.2 Å². The minimum atomic E-state index is 0.125. The second kappa shape index (κ2) is 9.79. The first-order valence-electron chi connectivity index (χ1n) is 15.3. The summed E-state index contributed by atoms with van der Waals surface area (Å²) in [6.07, 6.45) is 11.4. The molecule has 0 saturated carbocycles. The first-order valence-corrected chi connectivity index (χ1v) is 15.3. The molecule has 0 saturated heterocycles. The zero-order valence-corrected chi connectivity index (χ0v) is 26.4. The molecule has 0 fully saturated rings. The van der Waals surface area contributed by atoms with Gasteiger partial charge in [-0.3, -0.25) is 0 Å². The van der Waals surface area contributed by atoms with E-state index >= 15 is 0 Å². The van der Waals surface area contributed by atoms with Crippen LogP contribution in [0.5, 0.6) is 0 Å². The first-order chi connectivity index (χ1) is 18.1. The van der Waals surface area contributed by atoms with Crippen molar-refractivity contribution < 1.29 is 0 Å². The lowest BCUT2D eigenvalue weighted by Crippen LogP contribution is -2.16. The number of hydrogen-bond donors (Lipinski definition) is 0. The van der Waals surface area contributed by atoms with Gasteiger partial charge in [0.25, 0.3) is 0 Å². The normalized spacial score (nSPS) is 15.4. The molecule has 0 N–H and O–H groups in total. The van der Waals surface area contributed by atoms with Crippen molar-refractivity contribution in [2.45, 2.75) is 124 Å². The molecule has 206 valence electrons. The van der Waals surface area contributed by atoms with Gasteiger partial charge in [0, 0.05) is 0 Å². The van der Waals surface area contributed by atoms with Crippen molar-refractivity contribution in [1.82, 2.24) is 0 Å². The fourth-order valence-corrected chi connectivity index (χ4v) is 6.60.